The van der Waals surface area contributed by atoms with Gasteiger partial charge in [0.2, 0.25) is 0 Å². The van der Waals surface area contributed by atoms with Crippen LogP contribution < -0.4 is 5.84 Å². The molecule has 0 radical (unpaired) electrons. The summed E-state index contributed by atoms with van der Waals surface area (Å²) >= 11 is 0. The SMILES string of the molecule is Cc1ccc(/C(=N/N)C(F)(F)F)cc1. The number of alkyl halides is 3. The number of halogens is 3. The second-order valence-corrected chi connectivity index (χ2v) is 2.84. The number of benzene rings is 1. The van der Waals surface area contributed by atoms with Crippen molar-refractivity contribution < 1.29 is 13.2 Å². The van der Waals surface area contributed by atoms with Crippen molar-refractivity contribution in [2.24, 2.45) is 10.9 Å². The van der Waals surface area contributed by atoms with Gasteiger partial charge in [0.15, 0.2) is 5.71 Å². The Morgan fingerprint density at radius 2 is 1.71 bits per heavy atom. The third-order valence-corrected chi connectivity index (χ3v) is 1.72. The minimum atomic E-state index is -4.51. The summed E-state index contributed by atoms with van der Waals surface area (Å²) in [5.74, 6) is 4.70. The molecule has 2 N–H and O–H groups in total. The van der Waals surface area contributed by atoms with Crippen molar-refractivity contribution in [1.82, 2.24) is 0 Å². The normalized spacial score (nSPS) is 13.0. The fourth-order valence-corrected chi connectivity index (χ4v) is 1.02. The molecule has 0 heterocycles. The third kappa shape index (κ3) is 2.25. The zero-order chi connectivity index (χ0) is 10.8. The van der Waals surface area contributed by atoms with Gasteiger partial charge in [-0.3, -0.25) is 0 Å². The van der Waals surface area contributed by atoms with Crippen molar-refractivity contribution in [2.45, 2.75) is 13.1 Å². The lowest BCUT2D eigenvalue weighted by atomic mass is 10.1. The smallest absolute Gasteiger partial charge is 0.323 e. The molecule has 0 aliphatic rings. The lowest BCUT2D eigenvalue weighted by molar-refractivity contribution is -0.0582. The summed E-state index contributed by atoms with van der Waals surface area (Å²) < 4.78 is 36.9. The Bertz CT molecular complexity index is 338. The Balaban J connectivity index is 3.10. The molecule has 1 aromatic rings. The molecule has 14 heavy (non-hydrogen) atoms. The fourth-order valence-electron chi connectivity index (χ4n) is 1.02. The van der Waals surface area contributed by atoms with E-state index >= 15 is 0 Å². The minimum Gasteiger partial charge on any atom is -0.323 e. The monoisotopic (exact) mass is 202 g/mol. The topological polar surface area (TPSA) is 38.4 Å². The highest BCUT2D eigenvalue weighted by atomic mass is 19.4. The second kappa shape index (κ2) is 3.69. The van der Waals surface area contributed by atoms with Gasteiger partial charge in [0, 0.05) is 5.56 Å². The van der Waals surface area contributed by atoms with Crippen LogP contribution in [0.3, 0.4) is 0 Å². The molecule has 0 aliphatic carbocycles. The first kappa shape index (κ1) is 10.6. The van der Waals surface area contributed by atoms with Crippen LogP contribution in [0.15, 0.2) is 29.4 Å². The molecule has 0 spiro atoms. The first-order chi connectivity index (χ1) is 6.45. The summed E-state index contributed by atoms with van der Waals surface area (Å²) in [6, 6.07) is 5.83. The van der Waals surface area contributed by atoms with E-state index in [0.717, 1.165) is 5.56 Å². The van der Waals surface area contributed by atoms with Crippen LogP contribution >= 0.6 is 0 Å². The largest absolute Gasteiger partial charge is 0.435 e. The van der Waals surface area contributed by atoms with Crippen LogP contribution in [0.2, 0.25) is 0 Å². The van der Waals surface area contributed by atoms with E-state index in [1.54, 1.807) is 19.1 Å². The molecule has 5 heteroatoms. The summed E-state index contributed by atoms with van der Waals surface area (Å²) in [7, 11) is 0. The van der Waals surface area contributed by atoms with Crippen molar-refractivity contribution >= 4 is 5.71 Å². The number of hydrogen-bond acceptors (Lipinski definition) is 2. The predicted octanol–water partition coefficient (Wildman–Crippen LogP) is 2.22. The predicted molar refractivity (Wildman–Crippen MR) is 48.0 cm³/mol. The molecule has 0 saturated carbocycles. The summed E-state index contributed by atoms with van der Waals surface area (Å²) in [6.45, 7) is 1.79. The molecule has 0 saturated heterocycles. The number of hydrazone groups is 1. The second-order valence-electron chi connectivity index (χ2n) is 2.84. The summed E-state index contributed by atoms with van der Waals surface area (Å²) in [5, 5.41) is 2.75. The fraction of sp³-hybridized carbons (Fsp3) is 0.222. The van der Waals surface area contributed by atoms with Crippen LogP contribution in [0.5, 0.6) is 0 Å². The van der Waals surface area contributed by atoms with Gasteiger partial charge in [-0.25, -0.2) is 0 Å². The maximum absolute atomic E-state index is 12.3. The molecular formula is C9H9F3N2. The number of nitrogens with two attached hydrogens (primary N) is 1. The first-order valence-electron chi connectivity index (χ1n) is 3.87. The van der Waals surface area contributed by atoms with Gasteiger partial charge in [-0.2, -0.15) is 18.3 Å². The van der Waals surface area contributed by atoms with Crippen molar-refractivity contribution in [3.8, 4) is 0 Å². The van der Waals surface area contributed by atoms with E-state index < -0.39 is 11.9 Å². The van der Waals surface area contributed by atoms with E-state index in [0.29, 0.717) is 0 Å². The average molecular weight is 202 g/mol. The summed E-state index contributed by atoms with van der Waals surface area (Å²) in [6.07, 6.45) is -4.51. The van der Waals surface area contributed by atoms with E-state index in [-0.39, 0.29) is 5.56 Å². The van der Waals surface area contributed by atoms with E-state index in [1.165, 1.54) is 12.1 Å². The number of hydrogen-bond donors (Lipinski definition) is 1. The minimum absolute atomic E-state index is 0.0226. The van der Waals surface area contributed by atoms with Crippen LogP contribution in [0.1, 0.15) is 11.1 Å². The van der Waals surface area contributed by atoms with Gasteiger partial charge in [0.05, 0.1) is 0 Å². The van der Waals surface area contributed by atoms with Gasteiger partial charge in [-0.1, -0.05) is 29.8 Å². The molecule has 1 aromatic carbocycles. The average Bonchev–Trinajstić information content (AvgIpc) is 2.07. The van der Waals surface area contributed by atoms with Gasteiger partial charge < -0.3 is 5.84 Å². The molecule has 76 valence electrons. The Morgan fingerprint density at radius 3 is 2.07 bits per heavy atom. The van der Waals surface area contributed by atoms with Gasteiger partial charge in [0.25, 0.3) is 0 Å². The van der Waals surface area contributed by atoms with E-state index in [1.807, 2.05) is 0 Å². The molecule has 0 bridgehead atoms. The zero-order valence-electron chi connectivity index (χ0n) is 7.47. The number of nitrogens with zero attached hydrogens (tertiary/aromatic N) is 1. The Kier molecular flexibility index (Phi) is 2.78. The summed E-state index contributed by atoms with van der Waals surface area (Å²) in [5.41, 5.74) is -0.199. The molecule has 1 rings (SSSR count). The molecule has 0 fully saturated rings. The highest BCUT2D eigenvalue weighted by Crippen LogP contribution is 2.22. The Hall–Kier alpha value is -1.52. The lowest BCUT2D eigenvalue weighted by Crippen LogP contribution is -2.25. The van der Waals surface area contributed by atoms with Crippen molar-refractivity contribution in [2.75, 3.05) is 0 Å². The number of aryl methyl sites for hydroxylation is 1. The maximum Gasteiger partial charge on any atom is 0.435 e. The van der Waals surface area contributed by atoms with E-state index in [9.17, 15) is 13.2 Å². The van der Waals surface area contributed by atoms with Crippen LogP contribution in [0.4, 0.5) is 13.2 Å². The lowest BCUT2D eigenvalue weighted by Gasteiger charge is -2.09. The molecular weight excluding hydrogens is 193 g/mol. The van der Waals surface area contributed by atoms with Crippen molar-refractivity contribution in [3.63, 3.8) is 0 Å². The van der Waals surface area contributed by atoms with E-state index in [4.69, 9.17) is 5.84 Å². The molecule has 0 aliphatic heterocycles. The summed E-state index contributed by atoms with van der Waals surface area (Å²) in [4.78, 5) is 0. The van der Waals surface area contributed by atoms with Crippen LogP contribution in [-0.2, 0) is 0 Å². The van der Waals surface area contributed by atoms with Crippen molar-refractivity contribution in [3.05, 3.63) is 35.4 Å². The zero-order valence-corrected chi connectivity index (χ0v) is 7.47. The molecule has 2 nitrogen and oxygen atoms in total. The highest BCUT2D eigenvalue weighted by Gasteiger charge is 2.36. The maximum atomic E-state index is 12.3. The van der Waals surface area contributed by atoms with Crippen LogP contribution in [0.25, 0.3) is 0 Å². The Morgan fingerprint density at radius 1 is 1.21 bits per heavy atom. The molecule has 0 amide bonds. The molecule has 0 atom stereocenters. The van der Waals surface area contributed by atoms with Crippen LogP contribution in [-0.4, -0.2) is 11.9 Å². The van der Waals surface area contributed by atoms with Gasteiger partial charge >= 0.3 is 6.18 Å². The third-order valence-electron chi connectivity index (χ3n) is 1.72. The van der Waals surface area contributed by atoms with E-state index in [2.05, 4.69) is 5.10 Å². The molecule has 0 unspecified atom stereocenters. The van der Waals surface area contributed by atoms with Gasteiger partial charge in [0.1, 0.15) is 0 Å². The van der Waals surface area contributed by atoms with Gasteiger partial charge in [-0.15, -0.1) is 0 Å². The quantitative estimate of drug-likeness (QED) is 0.423. The molecule has 0 aromatic heterocycles. The van der Waals surface area contributed by atoms with Crippen molar-refractivity contribution in [1.29, 1.82) is 0 Å². The first-order valence-corrected chi connectivity index (χ1v) is 3.87. The van der Waals surface area contributed by atoms with Crippen LogP contribution in [0, 0.1) is 6.92 Å². The standard InChI is InChI=1S/C9H9F3N2/c1-6-2-4-7(5-3-6)8(14-13)9(10,11)12/h2-5H,13H2,1H3/b14-8-. The highest BCUT2D eigenvalue weighted by molar-refractivity contribution is 6.04. The Labute approximate surface area is 79.2 Å². The van der Waals surface area contributed by atoms with Gasteiger partial charge in [-0.05, 0) is 6.92 Å². The number of rotatable bonds is 1.